The number of nitrogens with zero attached hydrogens (tertiary/aromatic N) is 2. The van der Waals surface area contributed by atoms with Gasteiger partial charge in [-0.15, -0.1) is 0 Å². The number of rotatable bonds is 6. The predicted octanol–water partition coefficient (Wildman–Crippen LogP) is 2.65. The molecule has 2 aliphatic heterocycles. The minimum Gasteiger partial charge on any atom is -0.455 e. The van der Waals surface area contributed by atoms with E-state index < -0.39 is 0 Å². The summed E-state index contributed by atoms with van der Waals surface area (Å²) in [5, 5.41) is 2.87. The van der Waals surface area contributed by atoms with Crippen LogP contribution in [-0.4, -0.2) is 56.2 Å². The third-order valence-corrected chi connectivity index (χ3v) is 5.34. The molecule has 28 heavy (non-hydrogen) atoms. The van der Waals surface area contributed by atoms with Crippen molar-refractivity contribution in [1.29, 1.82) is 0 Å². The molecule has 6 nitrogen and oxygen atoms in total. The van der Waals surface area contributed by atoms with Crippen LogP contribution in [0.15, 0.2) is 40.8 Å². The molecular weight excluding hydrogens is 361 g/mol. The number of benzene rings is 1. The van der Waals surface area contributed by atoms with Crippen molar-refractivity contribution in [3.05, 3.63) is 53.7 Å². The Labute approximate surface area is 164 Å². The van der Waals surface area contributed by atoms with Crippen LogP contribution in [0.1, 0.15) is 29.2 Å². The van der Waals surface area contributed by atoms with E-state index in [-0.39, 0.29) is 17.8 Å². The molecule has 0 saturated carbocycles. The molecule has 1 aromatic carbocycles. The molecule has 3 heterocycles. The second-order valence-electron chi connectivity index (χ2n) is 7.33. The Morgan fingerprint density at radius 3 is 2.71 bits per heavy atom. The van der Waals surface area contributed by atoms with E-state index in [0.717, 1.165) is 51.4 Å². The van der Waals surface area contributed by atoms with E-state index >= 15 is 0 Å². The van der Waals surface area contributed by atoms with E-state index in [0.29, 0.717) is 24.5 Å². The molecule has 4 rings (SSSR count). The summed E-state index contributed by atoms with van der Waals surface area (Å²) < 4.78 is 25.2. The van der Waals surface area contributed by atoms with Gasteiger partial charge in [-0.2, -0.15) is 0 Å². The van der Waals surface area contributed by atoms with Crippen molar-refractivity contribution in [2.45, 2.75) is 25.5 Å². The third-order valence-electron chi connectivity index (χ3n) is 5.34. The first kappa shape index (κ1) is 19.0. The van der Waals surface area contributed by atoms with Crippen molar-refractivity contribution in [3.8, 4) is 0 Å². The lowest BCUT2D eigenvalue weighted by Crippen LogP contribution is -2.46. The van der Waals surface area contributed by atoms with E-state index in [1.165, 1.54) is 6.07 Å². The van der Waals surface area contributed by atoms with Crippen LogP contribution in [0.5, 0.6) is 0 Å². The summed E-state index contributed by atoms with van der Waals surface area (Å²) in [4.78, 5) is 16.5. The molecule has 2 fully saturated rings. The van der Waals surface area contributed by atoms with Crippen LogP contribution in [0, 0.1) is 5.82 Å². The SMILES string of the molecule is O=C(NC[C@H]1CCCO1)c1ccc(CN2CCN(c3ccccc3F)CC2)o1. The molecule has 0 radical (unpaired) electrons. The van der Waals surface area contributed by atoms with Crippen molar-refractivity contribution in [1.82, 2.24) is 10.2 Å². The van der Waals surface area contributed by atoms with Crippen LogP contribution in [0.4, 0.5) is 10.1 Å². The van der Waals surface area contributed by atoms with E-state index in [4.69, 9.17) is 9.15 Å². The molecule has 0 spiro atoms. The number of para-hydroxylation sites is 1. The fraction of sp³-hybridized carbons (Fsp3) is 0.476. The number of carbonyl (C=O) groups is 1. The van der Waals surface area contributed by atoms with E-state index in [2.05, 4.69) is 15.1 Å². The Kier molecular flexibility index (Phi) is 5.92. The predicted molar refractivity (Wildman–Crippen MR) is 104 cm³/mol. The van der Waals surface area contributed by atoms with Crippen molar-refractivity contribution >= 4 is 11.6 Å². The molecule has 0 bridgehead atoms. The second kappa shape index (κ2) is 8.75. The number of amides is 1. The van der Waals surface area contributed by atoms with Gasteiger partial charge in [-0.25, -0.2) is 4.39 Å². The lowest BCUT2D eigenvalue weighted by molar-refractivity contribution is 0.0832. The first-order valence-corrected chi connectivity index (χ1v) is 9.89. The van der Waals surface area contributed by atoms with Gasteiger partial charge in [0.2, 0.25) is 0 Å². The number of hydrogen-bond acceptors (Lipinski definition) is 5. The summed E-state index contributed by atoms with van der Waals surface area (Å²) in [5.41, 5.74) is 0.658. The quantitative estimate of drug-likeness (QED) is 0.826. The summed E-state index contributed by atoms with van der Waals surface area (Å²) in [6.07, 6.45) is 2.15. The third kappa shape index (κ3) is 4.54. The maximum Gasteiger partial charge on any atom is 0.287 e. The highest BCUT2D eigenvalue weighted by atomic mass is 19.1. The molecule has 150 valence electrons. The zero-order valence-corrected chi connectivity index (χ0v) is 15.9. The van der Waals surface area contributed by atoms with E-state index in [1.807, 2.05) is 18.2 Å². The largest absolute Gasteiger partial charge is 0.455 e. The number of carbonyl (C=O) groups excluding carboxylic acids is 1. The number of nitrogens with one attached hydrogen (secondary N) is 1. The van der Waals surface area contributed by atoms with Crippen LogP contribution < -0.4 is 10.2 Å². The number of halogens is 1. The summed E-state index contributed by atoms with van der Waals surface area (Å²) in [6.45, 7) is 5.09. The molecule has 0 aliphatic carbocycles. The second-order valence-corrected chi connectivity index (χ2v) is 7.33. The zero-order chi connectivity index (χ0) is 19.3. The normalized spacial score (nSPS) is 20.5. The highest BCUT2D eigenvalue weighted by Crippen LogP contribution is 2.21. The zero-order valence-electron chi connectivity index (χ0n) is 15.9. The van der Waals surface area contributed by atoms with Gasteiger partial charge < -0.3 is 19.4 Å². The first-order chi connectivity index (χ1) is 13.7. The number of furan rings is 1. The number of anilines is 1. The Balaban J connectivity index is 1.25. The maximum atomic E-state index is 13.9. The highest BCUT2D eigenvalue weighted by Gasteiger charge is 2.21. The van der Waals surface area contributed by atoms with Gasteiger partial charge in [-0.3, -0.25) is 9.69 Å². The van der Waals surface area contributed by atoms with E-state index in [9.17, 15) is 9.18 Å². The average Bonchev–Trinajstić information content (AvgIpc) is 3.39. The van der Waals surface area contributed by atoms with Crippen molar-refractivity contribution in [2.24, 2.45) is 0 Å². The van der Waals surface area contributed by atoms with Crippen molar-refractivity contribution in [2.75, 3.05) is 44.2 Å². The molecule has 7 heteroatoms. The van der Waals surface area contributed by atoms with Gasteiger partial charge in [-0.1, -0.05) is 12.1 Å². The number of hydrogen-bond donors (Lipinski definition) is 1. The Morgan fingerprint density at radius 1 is 1.14 bits per heavy atom. The summed E-state index contributed by atoms with van der Waals surface area (Å²) in [7, 11) is 0. The first-order valence-electron chi connectivity index (χ1n) is 9.89. The van der Waals surface area contributed by atoms with Gasteiger partial charge in [0, 0.05) is 39.3 Å². The molecular formula is C21H26FN3O3. The lowest BCUT2D eigenvalue weighted by atomic mass is 10.2. The lowest BCUT2D eigenvalue weighted by Gasteiger charge is -2.35. The minimum atomic E-state index is -0.203. The summed E-state index contributed by atoms with van der Waals surface area (Å²) in [6, 6.07) is 10.5. The van der Waals surface area contributed by atoms with Gasteiger partial charge in [0.05, 0.1) is 18.3 Å². The van der Waals surface area contributed by atoms with Crippen LogP contribution in [-0.2, 0) is 11.3 Å². The van der Waals surface area contributed by atoms with E-state index in [1.54, 1.807) is 12.1 Å². The van der Waals surface area contributed by atoms with Crippen LogP contribution in [0.3, 0.4) is 0 Å². The van der Waals surface area contributed by atoms with Crippen LogP contribution in [0.2, 0.25) is 0 Å². The monoisotopic (exact) mass is 387 g/mol. The molecule has 1 atom stereocenters. The van der Waals surface area contributed by atoms with Gasteiger partial charge in [0.15, 0.2) is 5.76 Å². The summed E-state index contributed by atoms with van der Waals surface area (Å²) >= 11 is 0. The molecule has 2 aromatic rings. The van der Waals surface area contributed by atoms with Gasteiger partial charge >= 0.3 is 0 Å². The van der Waals surface area contributed by atoms with Gasteiger partial charge in [0.25, 0.3) is 5.91 Å². The van der Waals surface area contributed by atoms with Crippen LogP contribution >= 0.6 is 0 Å². The molecule has 2 saturated heterocycles. The molecule has 1 aromatic heterocycles. The fourth-order valence-corrected chi connectivity index (χ4v) is 3.76. The highest BCUT2D eigenvalue weighted by molar-refractivity contribution is 5.91. The van der Waals surface area contributed by atoms with Crippen LogP contribution in [0.25, 0.3) is 0 Å². The molecule has 1 N–H and O–H groups in total. The maximum absolute atomic E-state index is 13.9. The smallest absolute Gasteiger partial charge is 0.287 e. The number of ether oxygens (including phenoxy) is 1. The summed E-state index contributed by atoms with van der Waals surface area (Å²) in [5.74, 6) is 0.714. The molecule has 0 unspecified atom stereocenters. The standard InChI is InChI=1S/C21H26FN3O3/c22-18-5-1-2-6-19(18)25-11-9-24(10-12-25)15-17-7-8-20(28-17)21(26)23-14-16-4-3-13-27-16/h1-2,5-8,16H,3-4,9-15H2,(H,23,26)/t16-/m1/s1. The Hall–Kier alpha value is -2.38. The minimum absolute atomic E-state index is 0.115. The van der Waals surface area contributed by atoms with Crippen molar-refractivity contribution in [3.63, 3.8) is 0 Å². The topological polar surface area (TPSA) is 58.0 Å². The molecule has 2 aliphatic rings. The van der Waals surface area contributed by atoms with Crippen molar-refractivity contribution < 1.29 is 18.3 Å². The Morgan fingerprint density at radius 2 is 1.96 bits per heavy atom. The average molecular weight is 387 g/mol. The Bertz CT molecular complexity index is 796. The fourth-order valence-electron chi connectivity index (χ4n) is 3.76. The van der Waals surface area contributed by atoms with Gasteiger partial charge in [0.1, 0.15) is 11.6 Å². The van der Waals surface area contributed by atoms with Gasteiger partial charge in [-0.05, 0) is 37.1 Å². The molecule has 1 amide bonds. The number of piperazine rings is 1.